The molecule has 0 saturated carbocycles. The summed E-state index contributed by atoms with van der Waals surface area (Å²) in [5.74, 6) is 0.0464. The maximum absolute atomic E-state index is 11.7. The van der Waals surface area contributed by atoms with E-state index in [-0.39, 0.29) is 18.2 Å². The fourth-order valence-electron chi connectivity index (χ4n) is 1.52. The van der Waals surface area contributed by atoms with E-state index < -0.39 is 10.0 Å². The van der Waals surface area contributed by atoms with Gasteiger partial charge in [0.15, 0.2) is 0 Å². The Hall–Kier alpha value is -0.620. The third-order valence-electron chi connectivity index (χ3n) is 2.40. The molecule has 0 unspecified atom stereocenters. The van der Waals surface area contributed by atoms with Crippen molar-refractivity contribution in [2.45, 2.75) is 25.0 Å². The van der Waals surface area contributed by atoms with Gasteiger partial charge in [0.25, 0.3) is 0 Å². The first-order valence-corrected chi connectivity index (χ1v) is 7.50. The third kappa shape index (κ3) is 7.66. The summed E-state index contributed by atoms with van der Waals surface area (Å²) in [6, 6.07) is 9.18. The average Bonchev–Trinajstić information content (AvgIpc) is 2.29. The van der Waals surface area contributed by atoms with Crippen molar-refractivity contribution in [3.05, 3.63) is 35.9 Å². The summed E-state index contributed by atoms with van der Waals surface area (Å²) in [4.78, 5) is 0. The third-order valence-corrected chi connectivity index (χ3v) is 3.76. The summed E-state index contributed by atoms with van der Waals surface area (Å²) in [5, 5.41) is 0. The lowest BCUT2D eigenvalue weighted by Crippen LogP contribution is -2.26. The lowest BCUT2D eigenvalue weighted by atomic mass is 10.2. The van der Waals surface area contributed by atoms with Crippen LogP contribution in [0.15, 0.2) is 30.3 Å². The molecule has 3 N–H and O–H groups in total. The monoisotopic (exact) mass is 292 g/mol. The molecule has 0 radical (unpaired) electrons. The molecular weight excluding hydrogens is 272 g/mol. The van der Waals surface area contributed by atoms with Crippen LogP contribution in [0.1, 0.15) is 24.8 Å². The van der Waals surface area contributed by atoms with E-state index in [0.717, 1.165) is 24.8 Å². The van der Waals surface area contributed by atoms with Crippen LogP contribution in [0.4, 0.5) is 0 Å². The first kappa shape index (κ1) is 17.4. The van der Waals surface area contributed by atoms with Gasteiger partial charge in [0, 0.05) is 6.54 Å². The number of unbranched alkanes of at least 4 members (excludes halogenated alkanes) is 2. The molecule has 0 aliphatic rings. The molecule has 0 fully saturated rings. The molecular formula is C12H21ClN2O2S. The van der Waals surface area contributed by atoms with Gasteiger partial charge in [-0.25, -0.2) is 13.1 Å². The van der Waals surface area contributed by atoms with Gasteiger partial charge in [0.1, 0.15) is 0 Å². The van der Waals surface area contributed by atoms with E-state index in [1.807, 2.05) is 30.3 Å². The molecule has 0 saturated heterocycles. The van der Waals surface area contributed by atoms with Gasteiger partial charge in [0.05, 0.1) is 5.75 Å². The molecule has 0 atom stereocenters. The van der Waals surface area contributed by atoms with Crippen LogP contribution in [0.2, 0.25) is 0 Å². The van der Waals surface area contributed by atoms with E-state index in [9.17, 15) is 8.42 Å². The number of benzene rings is 1. The number of hydrogen-bond acceptors (Lipinski definition) is 3. The highest BCUT2D eigenvalue weighted by Gasteiger charge is 2.09. The Morgan fingerprint density at radius 2 is 1.72 bits per heavy atom. The maximum atomic E-state index is 11.7. The highest BCUT2D eigenvalue weighted by Crippen LogP contribution is 2.04. The topological polar surface area (TPSA) is 72.2 Å². The quantitative estimate of drug-likeness (QED) is 0.716. The number of hydrogen-bond donors (Lipinski definition) is 2. The fourth-order valence-corrected chi connectivity index (χ4v) is 2.71. The maximum Gasteiger partial charge on any atom is 0.215 e. The molecule has 4 nitrogen and oxygen atoms in total. The van der Waals surface area contributed by atoms with Crippen molar-refractivity contribution in [2.24, 2.45) is 5.73 Å². The predicted octanol–water partition coefficient (Wildman–Crippen LogP) is 1.66. The van der Waals surface area contributed by atoms with Crippen molar-refractivity contribution in [1.82, 2.24) is 4.72 Å². The Morgan fingerprint density at radius 1 is 1.06 bits per heavy atom. The number of sulfonamides is 1. The molecule has 0 spiro atoms. The van der Waals surface area contributed by atoms with Crippen molar-refractivity contribution >= 4 is 22.4 Å². The zero-order valence-electron chi connectivity index (χ0n) is 10.3. The van der Waals surface area contributed by atoms with E-state index in [1.165, 1.54) is 0 Å². The van der Waals surface area contributed by atoms with E-state index >= 15 is 0 Å². The second-order valence-corrected chi connectivity index (χ2v) is 5.80. The van der Waals surface area contributed by atoms with Gasteiger partial charge in [0.2, 0.25) is 10.0 Å². The van der Waals surface area contributed by atoms with Crippen molar-refractivity contribution in [2.75, 3.05) is 13.1 Å². The summed E-state index contributed by atoms with van der Waals surface area (Å²) >= 11 is 0. The van der Waals surface area contributed by atoms with Crippen LogP contribution in [0.5, 0.6) is 0 Å². The van der Waals surface area contributed by atoms with Crippen LogP contribution in [0.3, 0.4) is 0 Å². The summed E-state index contributed by atoms with van der Waals surface area (Å²) < 4.78 is 26.0. The summed E-state index contributed by atoms with van der Waals surface area (Å²) in [5.41, 5.74) is 6.17. The van der Waals surface area contributed by atoms with E-state index in [2.05, 4.69) is 4.72 Å². The van der Waals surface area contributed by atoms with Crippen LogP contribution >= 0.6 is 12.4 Å². The molecule has 0 aliphatic carbocycles. The fraction of sp³-hybridized carbons (Fsp3) is 0.500. The Labute approximate surface area is 115 Å². The van der Waals surface area contributed by atoms with Crippen LogP contribution < -0.4 is 10.5 Å². The largest absolute Gasteiger partial charge is 0.330 e. The molecule has 0 aliphatic heterocycles. The minimum Gasteiger partial charge on any atom is -0.330 e. The Bertz CT molecular complexity index is 409. The predicted molar refractivity (Wildman–Crippen MR) is 77.2 cm³/mol. The Kier molecular flexibility index (Phi) is 9.01. The van der Waals surface area contributed by atoms with Gasteiger partial charge in [-0.2, -0.15) is 0 Å². The van der Waals surface area contributed by atoms with E-state index in [1.54, 1.807) is 0 Å². The Morgan fingerprint density at radius 3 is 2.33 bits per heavy atom. The molecule has 0 amide bonds. The van der Waals surface area contributed by atoms with Crippen LogP contribution in [-0.2, 0) is 15.8 Å². The molecule has 0 bridgehead atoms. The second kappa shape index (κ2) is 9.33. The van der Waals surface area contributed by atoms with Crippen LogP contribution in [-0.4, -0.2) is 21.5 Å². The van der Waals surface area contributed by atoms with Crippen LogP contribution in [0, 0.1) is 0 Å². The summed E-state index contributed by atoms with van der Waals surface area (Å²) in [7, 11) is -3.20. The molecule has 1 aromatic carbocycles. The van der Waals surface area contributed by atoms with Gasteiger partial charge in [-0.15, -0.1) is 12.4 Å². The lowest BCUT2D eigenvalue weighted by molar-refractivity contribution is 0.574. The van der Waals surface area contributed by atoms with Crippen LogP contribution in [0.25, 0.3) is 0 Å². The highest BCUT2D eigenvalue weighted by atomic mass is 35.5. The molecule has 104 valence electrons. The highest BCUT2D eigenvalue weighted by molar-refractivity contribution is 7.88. The molecule has 0 heterocycles. The molecule has 1 aromatic rings. The van der Waals surface area contributed by atoms with Crippen molar-refractivity contribution in [3.8, 4) is 0 Å². The standard InChI is InChI=1S/C12H20N2O2S.ClH/c13-9-5-2-6-10-14-17(15,16)11-12-7-3-1-4-8-12;/h1,3-4,7-8,14H,2,5-6,9-11,13H2;1H. The van der Waals surface area contributed by atoms with Gasteiger partial charge < -0.3 is 5.73 Å². The SMILES string of the molecule is Cl.NCCCCCNS(=O)(=O)Cc1ccccc1. The first-order chi connectivity index (χ1) is 8.14. The molecule has 1 rings (SSSR count). The minimum absolute atomic E-state index is 0. The number of nitrogens with one attached hydrogen (secondary N) is 1. The lowest BCUT2D eigenvalue weighted by Gasteiger charge is -2.06. The van der Waals surface area contributed by atoms with Crippen molar-refractivity contribution < 1.29 is 8.42 Å². The van der Waals surface area contributed by atoms with E-state index in [4.69, 9.17) is 5.73 Å². The van der Waals surface area contributed by atoms with Gasteiger partial charge in [-0.3, -0.25) is 0 Å². The Balaban J connectivity index is 0.00000289. The molecule has 0 aromatic heterocycles. The van der Waals surface area contributed by atoms with E-state index in [0.29, 0.717) is 13.1 Å². The smallest absolute Gasteiger partial charge is 0.215 e. The summed E-state index contributed by atoms with van der Waals surface area (Å²) in [6.45, 7) is 1.16. The van der Waals surface area contributed by atoms with Gasteiger partial charge >= 0.3 is 0 Å². The first-order valence-electron chi connectivity index (χ1n) is 5.85. The normalized spacial score (nSPS) is 10.9. The van der Waals surface area contributed by atoms with Gasteiger partial charge in [-0.1, -0.05) is 36.8 Å². The number of halogens is 1. The second-order valence-electron chi connectivity index (χ2n) is 3.99. The minimum atomic E-state index is -3.20. The number of rotatable bonds is 8. The zero-order chi connectivity index (χ0) is 12.6. The average molecular weight is 293 g/mol. The number of nitrogens with two attached hydrogens (primary N) is 1. The van der Waals surface area contributed by atoms with Crippen molar-refractivity contribution in [1.29, 1.82) is 0 Å². The molecule has 6 heteroatoms. The molecule has 18 heavy (non-hydrogen) atoms. The van der Waals surface area contributed by atoms with Crippen molar-refractivity contribution in [3.63, 3.8) is 0 Å². The van der Waals surface area contributed by atoms with Gasteiger partial charge in [-0.05, 0) is 24.9 Å². The summed E-state index contributed by atoms with van der Waals surface area (Å²) in [6.07, 6.45) is 2.75. The zero-order valence-corrected chi connectivity index (χ0v) is 12.0.